The van der Waals surface area contributed by atoms with Gasteiger partial charge in [0.2, 0.25) is 0 Å². The van der Waals surface area contributed by atoms with E-state index in [2.05, 4.69) is 35.6 Å². The molecule has 0 radical (unpaired) electrons. The van der Waals surface area contributed by atoms with Crippen molar-refractivity contribution in [2.45, 2.75) is 25.3 Å². The molecule has 1 aliphatic rings. The fourth-order valence-electron chi connectivity index (χ4n) is 1.83. The van der Waals surface area contributed by atoms with Crippen LogP contribution in [0.15, 0.2) is 30.3 Å². The maximum absolute atomic E-state index is 3.51. The lowest BCUT2D eigenvalue weighted by Crippen LogP contribution is -2.23. The van der Waals surface area contributed by atoms with Gasteiger partial charge in [0.15, 0.2) is 0 Å². The van der Waals surface area contributed by atoms with Gasteiger partial charge in [0.1, 0.15) is 0 Å². The molecule has 1 aromatic rings. The van der Waals surface area contributed by atoms with Crippen molar-refractivity contribution in [2.24, 2.45) is 0 Å². The van der Waals surface area contributed by atoms with Gasteiger partial charge in [-0.1, -0.05) is 30.3 Å². The van der Waals surface area contributed by atoms with Gasteiger partial charge in [0.05, 0.1) is 0 Å². The molecule has 1 atom stereocenters. The van der Waals surface area contributed by atoms with Crippen molar-refractivity contribution in [1.82, 2.24) is 5.32 Å². The molecule has 0 aromatic heterocycles. The van der Waals surface area contributed by atoms with Crippen molar-refractivity contribution in [3.8, 4) is 0 Å². The number of rotatable bonds is 2. The molecule has 2 heteroatoms. The Morgan fingerprint density at radius 1 is 1.23 bits per heavy atom. The Balaban J connectivity index is 0.000000845. The van der Waals surface area contributed by atoms with Crippen molar-refractivity contribution in [1.29, 1.82) is 0 Å². The van der Waals surface area contributed by atoms with Gasteiger partial charge >= 0.3 is 0 Å². The molecule has 0 spiro atoms. The predicted octanol–water partition coefficient (Wildman–Crippen LogP) is 2.40. The topological polar surface area (TPSA) is 12.0 Å². The first-order chi connectivity index (χ1) is 5.95. The second-order valence-electron chi connectivity index (χ2n) is 3.48. The first kappa shape index (κ1) is 10.6. The lowest BCUT2D eigenvalue weighted by atomic mass is 10.1. The zero-order valence-corrected chi connectivity index (χ0v) is 8.52. The predicted molar refractivity (Wildman–Crippen MR) is 58.4 cm³/mol. The summed E-state index contributed by atoms with van der Waals surface area (Å²) in [6.07, 6.45) is 3.88. The van der Waals surface area contributed by atoms with Crippen LogP contribution in [-0.2, 0) is 6.42 Å². The fraction of sp³-hybridized carbons (Fsp3) is 0.455. The largest absolute Gasteiger partial charge is 0.314 e. The Bertz CT molecular complexity index is 229. The molecule has 1 N–H and O–H groups in total. The third-order valence-corrected chi connectivity index (χ3v) is 2.49. The highest BCUT2D eigenvalue weighted by atomic mass is 35.5. The monoisotopic (exact) mass is 197 g/mol. The summed E-state index contributed by atoms with van der Waals surface area (Å²) < 4.78 is 0. The summed E-state index contributed by atoms with van der Waals surface area (Å²) in [7, 11) is 0. The van der Waals surface area contributed by atoms with Gasteiger partial charge in [0.25, 0.3) is 0 Å². The van der Waals surface area contributed by atoms with Gasteiger partial charge in [-0.15, -0.1) is 12.4 Å². The molecule has 13 heavy (non-hydrogen) atoms. The highest BCUT2D eigenvalue weighted by Crippen LogP contribution is 2.11. The average molecular weight is 198 g/mol. The lowest BCUT2D eigenvalue weighted by molar-refractivity contribution is 0.603. The van der Waals surface area contributed by atoms with Crippen LogP contribution in [0.4, 0.5) is 0 Å². The van der Waals surface area contributed by atoms with Crippen LogP contribution in [0.1, 0.15) is 18.4 Å². The number of nitrogens with one attached hydrogen (secondary N) is 1. The van der Waals surface area contributed by atoms with Gasteiger partial charge in [-0.05, 0) is 31.4 Å². The molecule has 1 aromatic carbocycles. The molecule has 1 aliphatic heterocycles. The minimum absolute atomic E-state index is 0. The normalized spacial score (nSPS) is 21.1. The Labute approximate surface area is 86.0 Å². The third kappa shape index (κ3) is 3.02. The third-order valence-electron chi connectivity index (χ3n) is 2.49. The Kier molecular flexibility index (Phi) is 4.26. The molecule has 2 rings (SSSR count). The van der Waals surface area contributed by atoms with E-state index in [9.17, 15) is 0 Å². The summed E-state index contributed by atoms with van der Waals surface area (Å²) in [5.41, 5.74) is 1.46. The molecular weight excluding hydrogens is 182 g/mol. The quantitative estimate of drug-likeness (QED) is 0.768. The summed E-state index contributed by atoms with van der Waals surface area (Å²) >= 11 is 0. The molecule has 0 aliphatic carbocycles. The SMILES string of the molecule is Cl.c1ccc(C[C@H]2CCCN2)cc1. The van der Waals surface area contributed by atoms with Gasteiger partial charge in [-0.2, -0.15) is 0 Å². The minimum atomic E-state index is 0. The van der Waals surface area contributed by atoms with Crippen LogP contribution < -0.4 is 5.32 Å². The molecule has 1 fully saturated rings. The second kappa shape index (κ2) is 5.25. The van der Waals surface area contributed by atoms with E-state index in [1.165, 1.54) is 31.4 Å². The maximum atomic E-state index is 3.51. The van der Waals surface area contributed by atoms with Crippen LogP contribution in [0.2, 0.25) is 0 Å². The Morgan fingerprint density at radius 3 is 2.62 bits per heavy atom. The number of hydrogen-bond donors (Lipinski definition) is 1. The standard InChI is InChI=1S/C11H15N.ClH/c1-2-5-10(6-3-1)9-11-7-4-8-12-11;/h1-3,5-6,11-12H,4,7-9H2;1H/t11-;/m1./s1. The van der Waals surface area contributed by atoms with E-state index in [1.807, 2.05) is 0 Å². The van der Waals surface area contributed by atoms with Crippen LogP contribution in [0, 0.1) is 0 Å². The van der Waals surface area contributed by atoms with Crippen LogP contribution in [0.5, 0.6) is 0 Å². The molecule has 0 amide bonds. The Hall–Kier alpha value is -0.530. The van der Waals surface area contributed by atoms with Crippen molar-refractivity contribution in [3.05, 3.63) is 35.9 Å². The van der Waals surface area contributed by atoms with Crippen molar-refractivity contribution in [2.75, 3.05) is 6.54 Å². The molecule has 1 saturated heterocycles. The first-order valence-electron chi connectivity index (χ1n) is 4.72. The average Bonchev–Trinajstić information content (AvgIpc) is 2.59. The number of halogens is 1. The zero-order valence-electron chi connectivity index (χ0n) is 7.70. The molecule has 1 nitrogen and oxygen atoms in total. The highest BCUT2D eigenvalue weighted by Gasteiger charge is 2.13. The first-order valence-corrected chi connectivity index (χ1v) is 4.72. The molecule has 0 unspecified atom stereocenters. The second-order valence-corrected chi connectivity index (χ2v) is 3.48. The summed E-state index contributed by atoms with van der Waals surface area (Å²) in [4.78, 5) is 0. The number of hydrogen-bond acceptors (Lipinski definition) is 1. The van der Waals surface area contributed by atoms with Gasteiger partial charge < -0.3 is 5.32 Å². The van der Waals surface area contributed by atoms with Crippen LogP contribution >= 0.6 is 12.4 Å². The molecule has 0 bridgehead atoms. The fourth-order valence-corrected chi connectivity index (χ4v) is 1.83. The van der Waals surface area contributed by atoms with E-state index in [0.717, 1.165) is 6.04 Å². The van der Waals surface area contributed by atoms with Gasteiger partial charge in [0, 0.05) is 6.04 Å². The summed E-state index contributed by atoms with van der Waals surface area (Å²) in [6, 6.07) is 11.5. The molecule has 0 saturated carbocycles. The van der Waals surface area contributed by atoms with Crippen molar-refractivity contribution >= 4 is 12.4 Å². The maximum Gasteiger partial charge on any atom is 0.0108 e. The zero-order chi connectivity index (χ0) is 8.23. The van der Waals surface area contributed by atoms with Crippen LogP contribution in [-0.4, -0.2) is 12.6 Å². The van der Waals surface area contributed by atoms with Gasteiger partial charge in [-0.25, -0.2) is 0 Å². The highest BCUT2D eigenvalue weighted by molar-refractivity contribution is 5.85. The number of benzene rings is 1. The van der Waals surface area contributed by atoms with E-state index in [1.54, 1.807) is 0 Å². The van der Waals surface area contributed by atoms with Crippen molar-refractivity contribution in [3.63, 3.8) is 0 Å². The van der Waals surface area contributed by atoms with Crippen LogP contribution in [0.25, 0.3) is 0 Å². The van der Waals surface area contributed by atoms with E-state index < -0.39 is 0 Å². The molecule has 1 heterocycles. The van der Waals surface area contributed by atoms with E-state index in [4.69, 9.17) is 0 Å². The van der Waals surface area contributed by atoms with Crippen LogP contribution in [0.3, 0.4) is 0 Å². The Morgan fingerprint density at radius 2 is 2.00 bits per heavy atom. The summed E-state index contributed by atoms with van der Waals surface area (Å²) in [6.45, 7) is 1.21. The lowest BCUT2D eigenvalue weighted by Gasteiger charge is -2.08. The summed E-state index contributed by atoms with van der Waals surface area (Å²) in [5, 5.41) is 3.51. The molecular formula is C11H16ClN. The van der Waals surface area contributed by atoms with Crippen molar-refractivity contribution < 1.29 is 0 Å². The summed E-state index contributed by atoms with van der Waals surface area (Å²) in [5.74, 6) is 0. The van der Waals surface area contributed by atoms with Gasteiger partial charge in [-0.3, -0.25) is 0 Å². The van der Waals surface area contributed by atoms with E-state index in [0.29, 0.717) is 0 Å². The molecule has 72 valence electrons. The van der Waals surface area contributed by atoms with E-state index in [-0.39, 0.29) is 12.4 Å². The van der Waals surface area contributed by atoms with E-state index >= 15 is 0 Å². The minimum Gasteiger partial charge on any atom is -0.314 e. The smallest absolute Gasteiger partial charge is 0.0108 e.